The molecule has 0 fully saturated rings. The first-order valence-corrected chi connectivity index (χ1v) is 16.3. The SMILES string of the molecule is Cc1cc(NC(=O)Nc2ccc(S(C)(=O)=O)cc2C(F)(F)F)cc(C)c1-c1cccc(COc2ccc3c(c2)OCC3CC(=O)O)c1. The van der Waals surface area contributed by atoms with Gasteiger partial charge in [0, 0.05) is 29.5 Å². The molecule has 1 aliphatic rings. The number of aryl methyl sites for hydroxylation is 2. The zero-order valence-electron chi connectivity index (χ0n) is 25.6. The number of ether oxygens (including phenoxy) is 2. The van der Waals surface area contributed by atoms with Gasteiger partial charge in [0.2, 0.25) is 0 Å². The summed E-state index contributed by atoms with van der Waals surface area (Å²) in [5.74, 6) is 0.119. The molecular formula is C34H31F3N2O7S. The molecule has 5 rings (SSSR count). The molecule has 1 heterocycles. The van der Waals surface area contributed by atoms with Crippen molar-refractivity contribution in [1.29, 1.82) is 0 Å². The highest BCUT2D eigenvalue weighted by Crippen LogP contribution is 2.39. The number of halogens is 3. The number of alkyl halides is 3. The summed E-state index contributed by atoms with van der Waals surface area (Å²) in [6.45, 7) is 4.27. The molecular weight excluding hydrogens is 637 g/mol. The van der Waals surface area contributed by atoms with E-state index in [1.54, 1.807) is 24.3 Å². The number of carboxylic acids is 1. The Labute approximate surface area is 269 Å². The van der Waals surface area contributed by atoms with Crippen LogP contribution in [0, 0.1) is 13.8 Å². The Balaban J connectivity index is 1.28. The number of benzene rings is 4. The van der Waals surface area contributed by atoms with Crippen LogP contribution in [-0.2, 0) is 27.4 Å². The van der Waals surface area contributed by atoms with Gasteiger partial charge in [0.05, 0.1) is 29.2 Å². The lowest BCUT2D eigenvalue weighted by Gasteiger charge is -2.17. The molecule has 0 saturated heterocycles. The Morgan fingerprint density at radius 1 is 0.979 bits per heavy atom. The Morgan fingerprint density at radius 2 is 1.70 bits per heavy atom. The van der Waals surface area contributed by atoms with Crippen LogP contribution in [0.4, 0.5) is 29.3 Å². The van der Waals surface area contributed by atoms with E-state index in [0.717, 1.165) is 51.8 Å². The molecule has 4 aromatic carbocycles. The van der Waals surface area contributed by atoms with Crippen molar-refractivity contribution >= 4 is 33.2 Å². The summed E-state index contributed by atoms with van der Waals surface area (Å²) in [4.78, 5) is 23.3. The Hall–Kier alpha value is -5.04. The Kier molecular flexibility index (Phi) is 9.21. The largest absolute Gasteiger partial charge is 0.492 e. The molecule has 9 nitrogen and oxygen atoms in total. The van der Waals surface area contributed by atoms with Crippen LogP contribution in [0.5, 0.6) is 11.5 Å². The minimum absolute atomic E-state index is 0.00473. The van der Waals surface area contributed by atoms with Gasteiger partial charge in [0.1, 0.15) is 18.1 Å². The van der Waals surface area contributed by atoms with Crippen LogP contribution >= 0.6 is 0 Å². The van der Waals surface area contributed by atoms with E-state index in [4.69, 9.17) is 14.6 Å². The number of aliphatic carboxylic acids is 1. The average molecular weight is 669 g/mol. The Bertz CT molecular complexity index is 1950. The number of carboxylic acid groups (broad SMARTS) is 1. The second-order valence-electron chi connectivity index (χ2n) is 11.3. The number of carbonyl (C=O) groups is 2. The van der Waals surface area contributed by atoms with Crippen molar-refractivity contribution in [3.8, 4) is 22.6 Å². The lowest BCUT2D eigenvalue weighted by atomic mass is 9.94. The molecule has 0 aromatic heterocycles. The number of urea groups is 1. The lowest BCUT2D eigenvalue weighted by Crippen LogP contribution is -2.22. The van der Waals surface area contributed by atoms with Gasteiger partial charge in [-0.1, -0.05) is 24.3 Å². The Morgan fingerprint density at radius 3 is 2.36 bits per heavy atom. The average Bonchev–Trinajstić information content (AvgIpc) is 3.36. The van der Waals surface area contributed by atoms with Crippen LogP contribution in [0.25, 0.3) is 11.1 Å². The molecule has 3 N–H and O–H groups in total. The van der Waals surface area contributed by atoms with Gasteiger partial charge in [-0.15, -0.1) is 0 Å². The molecule has 0 radical (unpaired) electrons. The summed E-state index contributed by atoms with van der Waals surface area (Å²) in [5, 5.41) is 13.8. The standard InChI is InChI=1S/C34H31F3N2O7S/c1-19-11-24(38-33(42)39-29-10-8-26(47(3,43)44)16-28(29)34(35,36)37)12-20(2)32(19)22-6-4-5-21(13-22)17-45-25-7-9-27-23(14-31(40)41)18-46-30(27)15-25/h4-13,15-16,23H,14,17-18H2,1-3H3,(H,40,41)(H2,38,39,42). The smallest absolute Gasteiger partial charge is 0.418 e. The van der Waals surface area contributed by atoms with Gasteiger partial charge in [-0.05, 0) is 84.1 Å². The van der Waals surface area contributed by atoms with Crippen molar-refractivity contribution in [3.05, 3.63) is 101 Å². The van der Waals surface area contributed by atoms with E-state index < -0.39 is 44.2 Å². The molecule has 1 unspecified atom stereocenters. The van der Waals surface area contributed by atoms with Crippen molar-refractivity contribution in [2.24, 2.45) is 0 Å². The number of rotatable bonds is 9. The number of hydrogen-bond acceptors (Lipinski definition) is 6. The van der Waals surface area contributed by atoms with Crippen LogP contribution in [0.15, 0.2) is 77.7 Å². The number of hydrogen-bond donors (Lipinski definition) is 3. The topological polar surface area (TPSA) is 131 Å². The van der Waals surface area contributed by atoms with Gasteiger partial charge < -0.3 is 25.2 Å². The van der Waals surface area contributed by atoms with Crippen LogP contribution in [0.3, 0.4) is 0 Å². The fraction of sp³-hybridized carbons (Fsp3) is 0.235. The van der Waals surface area contributed by atoms with Crippen LogP contribution in [-0.4, -0.2) is 38.4 Å². The van der Waals surface area contributed by atoms with E-state index in [9.17, 15) is 31.2 Å². The molecule has 2 amide bonds. The number of anilines is 2. The first-order chi connectivity index (χ1) is 22.1. The molecule has 0 spiro atoms. The van der Waals surface area contributed by atoms with Gasteiger partial charge >= 0.3 is 18.2 Å². The minimum Gasteiger partial charge on any atom is -0.492 e. The maximum Gasteiger partial charge on any atom is 0.418 e. The second-order valence-corrected chi connectivity index (χ2v) is 13.4. The summed E-state index contributed by atoms with van der Waals surface area (Å²) < 4.78 is 76.2. The fourth-order valence-electron chi connectivity index (χ4n) is 5.58. The van der Waals surface area contributed by atoms with E-state index in [1.807, 2.05) is 44.2 Å². The number of carbonyl (C=O) groups excluding carboxylic acids is 1. The molecule has 0 saturated carbocycles. The van der Waals surface area contributed by atoms with Crippen molar-refractivity contribution in [1.82, 2.24) is 0 Å². The highest BCUT2D eigenvalue weighted by molar-refractivity contribution is 7.90. The summed E-state index contributed by atoms with van der Waals surface area (Å²) in [7, 11) is -3.90. The predicted molar refractivity (Wildman–Crippen MR) is 170 cm³/mol. The first-order valence-electron chi connectivity index (χ1n) is 14.4. The maximum atomic E-state index is 13.7. The van der Waals surface area contributed by atoms with Gasteiger partial charge in [0.25, 0.3) is 0 Å². The summed E-state index contributed by atoms with van der Waals surface area (Å²) >= 11 is 0. The highest BCUT2D eigenvalue weighted by atomic mass is 32.2. The van der Waals surface area contributed by atoms with Crippen LogP contribution in [0.1, 0.15) is 40.2 Å². The number of fused-ring (bicyclic) bond motifs is 1. The monoisotopic (exact) mass is 668 g/mol. The van der Waals surface area contributed by atoms with E-state index in [-0.39, 0.29) is 18.9 Å². The first kappa shape index (κ1) is 33.3. The molecule has 1 atom stereocenters. The third kappa shape index (κ3) is 7.86. The maximum absolute atomic E-state index is 13.7. The van der Waals surface area contributed by atoms with Crippen molar-refractivity contribution < 1.29 is 45.8 Å². The molecule has 246 valence electrons. The second kappa shape index (κ2) is 13.0. The molecule has 4 aromatic rings. The van der Waals surface area contributed by atoms with Crippen LogP contribution < -0.4 is 20.1 Å². The zero-order valence-corrected chi connectivity index (χ0v) is 26.4. The molecule has 47 heavy (non-hydrogen) atoms. The quantitative estimate of drug-likeness (QED) is 0.168. The summed E-state index contributed by atoms with van der Waals surface area (Å²) in [6, 6.07) is 18.0. The summed E-state index contributed by atoms with van der Waals surface area (Å²) in [6.07, 6.45) is -4.11. The van der Waals surface area contributed by atoms with E-state index in [2.05, 4.69) is 10.6 Å². The summed E-state index contributed by atoms with van der Waals surface area (Å²) in [5.41, 5.74) is 3.63. The van der Waals surface area contributed by atoms with Gasteiger partial charge in [-0.2, -0.15) is 13.2 Å². The third-order valence-corrected chi connectivity index (χ3v) is 8.78. The number of amides is 2. The fourth-order valence-corrected chi connectivity index (χ4v) is 6.23. The van der Waals surface area contributed by atoms with Crippen LogP contribution in [0.2, 0.25) is 0 Å². The normalized spacial score (nSPS) is 14.2. The molecule has 0 bridgehead atoms. The van der Waals surface area contributed by atoms with Crippen molar-refractivity contribution in [2.45, 2.75) is 43.9 Å². The van der Waals surface area contributed by atoms with Gasteiger partial charge in [-0.3, -0.25) is 4.79 Å². The minimum atomic E-state index is -4.90. The third-order valence-electron chi connectivity index (χ3n) is 7.67. The van der Waals surface area contributed by atoms with E-state index in [1.165, 1.54) is 0 Å². The number of nitrogens with one attached hydrogen (secondary N) is 2. The van der Waals surface area contributed by atoms with Crippen molar-refractivity contribution in [3.63, 3.8) is 0 Å². The van der Waals surface area contributed by atoms with Gasteiger partial charge in [0.15, 0.2) is 9.84 Å². The van der Waals surface area contributed by atoms with E-state index >= 15 is 0 Å². The highest BCUT2D eigenvalue weighted by Gasteiger charge is 2.35. The lowest BCUT2D eigenvalue weighted by molar-refractivity contribution is -0.138. The van der Waals surface area contributed by atoms with Crippen molar-refractivity contribution in [2.75, 3.05) is 23.5 Å². The zero-order chi connectivity index (χ0) is 34.1. The predicted octanol–water partition coefficient (Wildman–Crippen LogP) is 7.57. The molecule has 13 heteroatoms. The molecule has 1 aliphatic heterocycles. The molecule has 0 aliphatic carbocycles. The number of sulfone groups is 1. The van der Waals surface area contributed by atoms with Gasteiger partial charge in [-0.25, -0.2) is 13.2 Å². The van der Waals surface area contributed by atoms with E-state index in [0.29, 0.717) is 29.9 Å².